The molecule has 1 rings (SSSR count). The third-order valence-corrected chi connectivity index (χ3v) is 1.44. The Kier molecular flexibility index (Phi) is 2.24. The van der Waals surface area contributed by atoms with Crippen molar-refractivity contribution in [1.29, 1.82) is 0 Å². The van der Waals surface area contributed by atoms with Gasteiger partial charge in [-0.1, -0.05) is 0 Å². The summed E-state index contributed by atoms with van der Waals surface area (Å²) in [5.41, 5.74) is 0. The van der Waals surface area contributed by atoms with Crippen molar-refractivity contribution in [2.45, 2.75) is 19.1 Å². The van der Waals surface area contributed by atoms with Crippen LogP contribution < -0.4 is 0 Å². The minimum atomic E-state index is -0.780. The van der Waals surface area contributed by atoms with E-state index in [1.54, 1.807) is 6.92 Å². The lowest BCUT2D eigenvalue weighted by molar-refractivity contribution is 0.0666. The van der Waals surface area contributed by atoms with Gasteiger partial charge in [0.25, 0.3) is 0 Å². The summed E-state index contributed by atoms with van der Waals surface area (Å²) in [5, 5.41) is 17.5. The van der Waals surface area contributed by atoms with Gasteiger partial charge in [-0.3, -0.25) is 0 Å². The van der Waals surface area contributed by atoms with Crippen LogP contribution in [0.5, 0.6) is 0 Å². The molecule has 2 atom stereocenters. The van der Waals surface area contributed by atoms with Gasteiger partial charge in [0.1, 0.15) is 18.8 Å². The van der Waals surface area contributed by atoms with Crippen molar-refractivity contribution in [2.75, 3.05) is 13.2 Å². The summed E-state index contributed by atoms with van der Waals surface area (Å²) in [4.78, 5) is 3.94. The van der Waals surface area contributed by atoms with E-state index in [1.165, 1.54) is 0 Å². The van der Waals surface area contributed by atoms with E-state index in [-0.39, 0.29) is 12.6 Å². The molecular weight excluding hydrogens is 134 g/mol. The molecule has 2 unspecified atom stereocenters. The molecule has 0 saturated heterocycles. The third kappa shape index (κ3) is 1.46. The van der Waals surface area contributed by atoms with Gasteiger partial charge >= 0.3 is 0 Å². The van der Waals surface area contributed by atoms with Crippen LogP contribution in [0.2, 0.25) is 0 Å². The zero-order valence-electron chi connectivity index (χ0n) is 5.82. The SMILES string of the molecule is CC1=NC(C(O)CO)CO1. The lowest BCUT2D eigenvalue weighted by atomic mass is 10.2. The lowest BCUT2D eigenvalue weighted by Crippen LogP contribution is -2.28. The fourth-order valence-electron chi connectivity index (χ4n) is 0.833. The molecule has 0 bridgehead atoms. The maximum absolute atomic E-state index is 9.04. The van der Waals surface area contributed by atoms with Gasteiger partial charge in [-0.25, -0.2) is 4.99 Å². The second-order valence-corrected chi connectivity index (χ2v) is 2.28. The zero-order chi connectivity index (χ0) is 7.56. The van der Waals surface area contributed by atoms with E-state index in [0.717, 1.165) is 0 Å². The fourth-order valence-corrected chi connectivity index (χ4v) is 0.833. The number of hydrogen-bond donors (Lipinski definition) is 2. The first-order chi connectivity index (χ1) is 4.74. The van der Waals surface area contributed by atoms with Crippen molar-refractivity contribution >= 4 is 5.90 Å². The third-order valence-electron chi connectivity index (χ3n) is 1.44. The van der Waals surface area contributed by atoms with E-state index in [9.17, 15) is 0 Å². The van der Waals surface area contributed by atoms with Crippen LogP contribution in [-0.2, 0) is 4.74 Å². The molecule has 0 saturated carbocycles. The number of hydrogen-bond acceptors (Lipinski definition) is 4. The molecule has 0 amide bonds. The molecule has 0 radical (unpaired) electrons. The van der Waals surface area contributed by atoms with Crippen LogP contribution in [0.1, 0.15) is 6.92 Å². The van der Waals surface area contributed by atoms with Crippen molar-refractivity contribution in [1.82, 2.24) is 0 Å². The fraction of sp³-hybridized carbons (Fsp3) is 0.833. The van der Waals surface area contributed by atoms with Gasteiger partial charge in [0.15, 0.2) is 5.90 Å². The van der Waals surface area contributed by atoms with E-state index in [4.69, 9.17) is 14.9 Å². The van der Waals surface area contributed by atoms with Crippen LogP contribution in [0.25, 0.3) is 0 Å². The summed E-state index contributed by atoms with van der Waals surface area (Å²) < 4.78 is 4.97. The van der Waals surface area contributed by atoms with E-state index < -0.39 is 6.10 Å². The average Bonchev–Trinajstić information content (AvgIpc) is 2.34. The van der Waals surface area contributed by atoms with Crippen LogP contribution in [0.3, 0.4) is 0 Å². The van der Waals surface area contributed by atoms with Crippen molar-refractivity contribution < 1.29 is 14.9 Å². The standard InChI is InChI=1S/C6H11NO3/c1-4-7-5(3-10-4)6(9)2-8/h5-6,8-9H,2-3H2,1H3. The van der Waals surface area contributed by atoms with Crippen molar-refractivity contribution in [3.05, 3.63) is 0 Å². The minimum absolute atomic E-state index is 0.259. The normalized spacial score (nSPS) is 27.5. The number of aliphatic hydroxyl groups is 2. The highest BCUT2D eigenvalue weighted by molar-refractivity contribution is 5.74. The van der Waals surface area contributed by atoms with Gasteiger partial charge in [0.05, 0.1) is 6.61 Å². The molecule has 4 heteroatoms. The van der Waals surface area contributed by atoms with Gasteiger partial charge in [-0.2, -0.15) is 0 Å². The van der Waals surface area contributed by atoms with Crippen LogP contribution in [0.15, 0.2) is 4.99 Å². The average molecular weight is 145 g/mol. The molecule has 0 aliphatic carbocycles. The number of aliphatic imine (C=N–C) groups is 1. The number of rotatable bonds is 2. The van der Waals surface area contributed by atoms with Crippen molar-refractivity contribution in [2.24, 2.45) is 4.99 Å². The van der Waals surface area contributed by atoms with Crippen LogP contribution in [0.4, 0.5) is 0 Å². The maximum Gasteiger partial charge on any atom is 0.180 e. The Balaban J connectivity index is 2.44. The van der Waals surface area contributed by atoms with E-state index in [0.29, 0.717) is 12.5 Å². The topological polar surface area (TPSA) is 62.1 Å². The highest BCUT2D eigenvalue weighted by atomic mass is 16.5. The Morgan fingerprint density at radius 3 is 3.00 bits per heavy atom. The van der Waals surface area contributed by atoms with E-state index >= 15 is 0 Å². The molecule has 0 spiro atoms. The molecule has 2 N–H and O–H groups in total. The molecule has 1 aliphatic heterocycles. The summed E-state index contributed by atoms with van der Waals surface area (Å²) in [6.07, 6.45) is -0.780. The summed E-state index contributed by atoms with van der Waals surface area (Å²) >= 11 is 0. The molecule has 0 aromatic heterocycles. The molecule has 1 aliphatic rings. The predicted molar refractivity (Wildman–Crippen MR) is 35.9 cm³/mol. The highest BCUT2D eigenvalue weighted by Crippen LogP contribution is 2.07. The van der Waals surface area contributed by atoms with Gasteiger partial charge < -0.3 is 14.9 Å². The van der Waals surface area contributed by atoms with Crippen LogP contribution >= 0.6 is 0 Å². The predicted octanol–water partition coefficient (Wildman–Crippen LogP) is -0.843. The minimum Gasteiger partial charge on any atom is -0.479 e. The van der Waals surface area contributed by atoms with Crippen LogP contribution in [0, 0.1) is 0 Å². The first-order valence-corrected chi connectivity index (χ1v) is 3.20. The Bertz CT molecular complexity index is 146. The first kappa shape index (κ1) is 7.50. The van der Waals surface area contributed by atoms with Crippen molar-refractivity contribution in [3.63, 3.8) is 0 Å². The summed E-state index contributed by atoms with van der Waals surface area (Å²) in [6, 6.07) is -0.273. The molecule has 1 heterocycles. The van der Waals surface area contributed by atoms with Gasteiger partial charge in [0, 0.05) is 6.92 Å². The van der Waals surface area contributed by atoms with Gasteiger partial charge in [-0.15, -0.1) is 0 Å². The first-order valence-electron chi connectivity index (χ1n) is 3.20. The zero-order valence-corrected chi connectivity index (χ0v) is 5.82. The number of ether oxygens (including phenoxy) is 1. The highest BCUT2D eigenvalue weighted by Gasteiger charge is 2.23. The molecule has 0 aromatic carbocycles. The summed E-state index contributed by atoms with van der Waals surface area (Å²) in [7, 11) is 0. The molecule has 10 heavy (non-hydrogen) atoms. The molecule has 4 nitrogen and oxygen atoms in total. The Morgan fingerprint density at radius 2 is 2.60 bits per heavy atom. The summed E-state index contributed by atoms with van der Waals surface area (Å²) in [6.45, 7) is 1.85. The molecule has 58 valence electrons. The number of aliphatic hydroxyl groups excluding tert-OH is 2. The Labute approximate surface area is 59.2 Å². The molecule has 0 aromatic rings. The molecular formula is C6H11NO3. The molecule has 0 fully saturated rings. The number of nitrogens with zero attached hydrogens (tertiary/aromatic N) is 1. The smallest absolute Gasteiger partial charge is 0.180 e. The monoisotopic (exact) mass is 145 g/mol. The Hall–Kier alpha value is -0.610. The second-order valence-electron chi connectivity index (χ2n) is 2.28. The lowest BCUT2D eigenvalue weighted by Gasteiger charge is -2.09. The van der Waals surface area contributed by atoms with E-state index in [1.807, 2.05) is 0 Å². The van der Waals surface area contributed by atoms with Gasteiger partial charge in [-0.05, 0) is 0 Å². The van der Waals surface area contributed by atoms with Gasteiger partial charge in [0.2, 0.25) is 0 Å². The summed E-state index contributed by atoms with van der Waals surface area (Å²) in [5.74, 6) is 0.581. The quantitative estimate of drug-likeness (QED) is 0.532. The maximum atomic E-state index is 9.04. The van der Waals surface area contributed by atoms with E-state index in [2.05, 4.69) is 4.99 Å². The largest absolute Gasteiger partial charge is 0.479 e. The van der Waals surface area contributed by atoms with Crippen molar-refractivity contribution in [3.8, 4) is 0 Å². The van der Waals surface area contributed by atoms with Crippen LogP contribution in [-0.4, -0.2) is 41.5 Å². The second kappa shape index (κ2) is 2.98. The Morgan fingerprint density at radius 1 is 1.90 bits per heavy atom.